The molecule has 166 valence electrons. The molecule has 0 fully saturated rings. The fraction of sp³-hybridized carbons (Fsp3) is 0.208. The molecule has 0 unspecified atom stereocenters. The normalized spacial score (nSPS) is 14.4. The summed E-state index contributed by atoms with van der Waals surface area (Å²) >= 11 is 0. The highest BCUT2D eigenvalue weighted by molar-refractivity contribution is 7.53. The first-order chi connectivity index (χ1) is 15.5. The molecule has 0 atom stereocenters. The lowest BCUT2D eigenvalue weighted by Gasteiger charge is -2.17. The maximum Gasteiger partial charge on any atom is 0.335 e. The summed E-state index contributed by atoms with van der Waals surface area (Å²) in [5.41, 5.74) is 4.67. The minimum Gasteiger partial charge on any atom is -0.464 e. The monoisotopic (exact) mass is 452 g/mol. The molecule has 8 heteroatoms. The van der Waals surface area contributed by atoms with Gasteiger partial charge in [-0.25, -0.2) is 0 Å². The largest absolute Gasteiger partial charge is 0.464 e. The molecule has 0 saturated carbocycles. The number of fused-ring (bicyclic) bond motifs is 1. The molecule has 3 aromatic rings. The van der Waals surface area contributed by atoms with Crippen molar-refractivity contribution in [2.75, 3.05) is 23.8 Å². The van der Waals surface area contributed by atoms with Gasteiger partial charge in [-0.3, -0.25) is 9.36 Å². The van der Waals surface area contributed by atoms with Gasteiger partial charge in [0, 0.05) is 28.7 Å². The van der Waals surface area contributed by atoms with Crippen LogP contribution in [0.25, 0.3) is 16.9 Å². The van der Waals surface area contributed by atoms with E-state index in [1.165, 1.54) is 0 Å². The van der Waals surface area contributed by atoms with Gasteiger partial charge in [0.15, 0.2) is 0 Å². The molecule has 7 nitrogen and oxygen atoms in total. The zero-order valence-electron chi connectivity index (χ0n) is 18.0. The number of carbonyl (C=O) groups is 1. The molecule has 0 radical (unpaired) electrons. The minimum atomic E-state index is -3.15. The van der Waals surface area contributed by atoms with Gasteiger partial charge in [-0.05, 0) is 49.7 Å². The van der Waals surface area contributed by atoms with E-state index in [1.807, 2.05) is 54.6 Å². The lowest BCUT2D eigenvalue weighted by Crippen LogP contribution is -2.05. The number of amides is 1. The predicted octanol–water partition coefficient (Wildman–Crippen LogP) is 6.12. The van der Waals surface area contributed by atoms with Crippen molar-refractivity contribution >= 4 is 30.5 Å². The van der Waals surface area contributed by atoms with E-state index in [2.05, 4.69) is 10.6 Å². The van der Waals surface area contributed by atoms with Gasteiger partial charge in [0.2, 0.25) is 0 Å². The third-order valence-electron chi connectivity index (χ3n) is 4.97. The third-order valence-corrected chi connectivity index (χ3v) is 7.03. The third kappa shape index (κ3) is 4.86. The molecular weight excluding hydrogens is 427 g/mol. The van der Waals surface area contributed by atoms with Crippen LogP contribution < -0.4 is 10.6 Å². The Morgan fingerprint density at radius 1 is 1.06 bits per heavy atom. The summed E-state index contributed by atoms with van der Waals surface area (Å²) in [7, 11) is -3.15. The van der Waals surface area contributed by atoms with Gasteiger partial charge < -0.3 is 24.1 Å². The van der Waals surface area contributed by atoms with Crippen molar-refractivity contribution in [2.24, 2.45) is 0 Å². The number of carbonyl (C=O) groups excluding carboxylic acids is 1. The first-order valence-corrected chi connectivity index (χ1v) is 12.2. The number of hydrogen-bond donors (Lipinski definition) is 2. The van der Waals surface area contributed by atoms with Crippen LogP contribution in [0, 0.1) is 0 Å². The molecule has 1 aromatic heterocycles. The fourth-order valence-electron chi connectivity index (χ4n) is 3.54. The summed E-state index contributed by atoms with van der Waals surface area (Å²) in [6, 6.07) is 16.9. The second-order valence-electron chi connectivity index (χ2n) is 7.20. The maximum atomic E-state index is 12.7. The lowest BCUT2D eigenvalue weighted by atomic mass is 10.0. The molecule has 2 aromatic carbocycles. The van der Waals surface area contributed by atoms with Crippen LogP contribution in [0.4, 0.5) is 11.4 Å². The highest BCUT2D eigenvalue weighted by atomic mass is 31.2. The number of rotatable bonds is 9. The molecule has 4 rings (SSSR count). The fourth-order valence-corrected chi connectivity index (χ4v) is 5.24. The molecule has 2 N–H and O–H groups in total. The van der Waals surface area contributed by atoms with Crippen LogP contribution in [-0.2, 0) is 24.6 Å². The Morgan fingerprint density at radius 2 is 1.81 bits per heavy atom. The zero-order chi connectivity index (χ0) is 22.6. The van der Waals surface area contributed by atoms with E-state index in [0.29, 0.717) is 18.8 Å². The molecule has 32 heavy (non-hydrogen) atoms. The van der Waals surface area contributed by atoms with Crippen molar-refractivity contribution in [2.45, 2.75) is 20.0 Å². The Bertz CT molecular complexity index is 1160. The molecule has 0 bridgehead atoms. The molecule has 0 spiro atoms. The summed E-state index contributed by atoms with van der Waals surface area (Å²) < 4.78 is 28.8. The second-order valence-corrected chi connectivity index (χ2v) is 9.25. The highest BCUT2D eigenvalue weighted by Crippen LogP contribution is 2.51. The summed E-state index contributed by atoms with van der Waals surface area (Å²) in [5.74, 6) is 0.575. The Balaban J connectivity index is 1.47. The maximum absolute atomic E-state index is 12.7. The quantitative estimate of drug-likeness (QED) is 0.300. The molecule has 1 aliphatic rings. The van der Waals surface area contributed by atoms with Crippen molar-refractivity contribution in [3.8, 4) is 11.3 Å². The Labute approximate surface area is 187 Å². The first-order valence-electron chi connectivity index (χ1n) is 10.4. The van der Waals surface area contributed by atoms with Crippen LogP contribution in [-0.4, -0.2) is 19.1 Å². The van der Waals surface area contributed by atoms with Crippen LogP contribution in [0.2, 0.25) is 0 Å². The zero-order valence-corrected chi connectivity index (χ0v) is 18.9. The van der Waals surface area contributed by atoms with Gasteiger partial charge in [0.25, 0.3) is 5.91 Å². The molecular formula is C24H25N2O5P. The summed E-state index contributed by atoms with van der Waals surface area (Å²) in [5, 5.41) is 6.06. The van der Waals surface area contributed by atoms with Crippen LogP contribution in [0.1, 0.15) is 25.0 Å². The molecule has 0 aliphatic carbocycles. The lowest BCUT2D eigenvalue weighted by molar-refractivity contribution is -0.110. The second kappa shape index (κ2) is 9.57. The van der Waals surface area contributed by atoms with Gasteiger partial charge in [0.1, 0.15) is 5.76 Å². The Hall–Kier alpha value is -3.12. The number of hydrogen-bond acceptors (Lipinski definition) is 6. The van der Waals surface area contributed by atoms with Crippen LogP contribution in [0.15, 0.2) is 71.5 Å². The predicted molar refractivity (Wildman–Crippen MR) is 125 cm³/mol. The SMILES string of the molecule is CCOP(=O)(Cc1ccc(NC=C2C(=O)Nc3cc(-c4ccco4)ccc32)cc1)OCC. The summed E-state index contributed by atoms with van der Waals surface area (Å²) in [6.45, 7) is 4.25. The number of benzene rings is 2. The van der Waals surface area contributed by atoms with Crippen molar-refractivity contribution < 1.29 is 22.8 Å². The van der Waals surface area contributed by atoms with Crippen LogP contribution in [0.3, 0.4) is 0 Å². The smallest absolute Gasteiger partial charge is 0.335 e. The average Bonchev–Trinajstić information content (AvgIpc) is 3.41. The van der Waals surface area contributed by atoms with Gasteiger partial charge in [-0.2, -0.15) is 0 Å². The Kier molecular flexibility index (Phi) is 6.61. The van der Waals surface area contributed by atoms with Crippen molar-refractivity contribution in [1.29, 1.82) is 0 Å². The van der Waals surface area contributed by atoms with Gasteiger partial charge >= 0.3 is 7.60 Å². The molecule has 2 heterocycles. The Morgan fingerprint density at radius 3 is 2.47 bits per heavy atom. The van der Waals surface area contributed by atoms with Crippen molar-refractivity contribution in [3.05, 3.63) is 78.2 Å². The number of furan rings is 1. The van der Waals surface area contributed by atoms with Gasteiger partial charge in [-0.15, -0.1) is 0 Å². The van der Waals surface area contributed by atoms with Crippen LogP contribution >= 0.6 is 7.60 Å². The minimum absolute atomic E-state index is 0.171. The van der Waals surface area contributed by atoms with Gasteiger partial charge in [0.05, 0.1) is 31.2 Å². The van der Waals surface area contributed by atoms with E-state index in [9.17, 15) is 9.36 Å². The van der Waals surface area contributed by atoms with E-state index in [-0.39, 0.29) is 12.1 Å². The molecule has 1 amide bonds. The van der Waals surface area contributed by atoms with Gasteiger partial charge in [-0.1, -0.05) is 24.3 Å². The van der Waals surface area contributed by atoms with Crippen molar-refractivity contribution in [1.82, 2.24) is 0 Å². The van der Waals surface area contributed by atoms with E-state index in [1.54, 1.807) is 26.3 Å². The first kappa shape index (κ1) is 22.1. The molecule has 0 saturated heterocycles. The van der Waals surface area contributed by atoms with E-state index < -0.39 is 7.60 Å². The average molecular weight is 452 g/mol. The molecule has 1 aliphatic heterocycles. The van der Waals surface area contributed by atoms with Crippen molar-refractivity contribution in [3.63, 3.8) is 0 Å². The summed E-state index contributed by atoms with van der Waals surface area (Å²) in [6.07, 6.45) is 3.52. The van der Waals surface area contributed by atoms with E-state index in [4.69, 9.17) is 13.5 Å². The topological polar surface area (TPSA) is 89.8 Å². The summed E-state index contributed by atoms with van der Waals surface area (Å²) in [4.78, 5) is 12.5. The van der Waals surface area contributed by atoms with E-state index >= 15 is 0 Å². The van der Waals surface area contributed by atoms with E-state index in [0.717, 1.165) is 33.8 Å². The standard InChI is InChI=1S/C24H25N2O5P/c1-3-30-32(28,31-4-2)16-17-7-10-19(11-8-17)25-15-21-20-12-9-18(23-6-5-13-29-23)14-22(20)26-24(21)27/h5-15,25H,3-4,16H2,1-2H3,(H,26,27). The number of nitrogens with one attached hydrogen (secondary N) is 2. The highest BCUT2D eigenvalue weighted by Gasteiger charge is 2.25. The van der Waals surface area contributed by atoms with Crippen LogP contribution in [0.5, 0.6) is 0 Å². The number of anilines is 2.